The maximum atomic E-state index is 4.39. The van der Waals surface area contributed by atoms with Crippen molar-refractivity contribution in [1.82, 2.24) is 40.3 Å². The molecule has 5 rings (SSSR count). The van der Waals surface area contributed by atoms with Gasteiger partial charge in [-0.3, -0.25) is 10.3 Å². The number of nitrogens with one attached hydrogen (secondary N) is 1. The number of rotatable bonds is 10. The molecule has 0 saturated heterocycles. The van der Waals surface area contributed by atoms with Crippen molar-refractivity contribution in [1.29, 1.82) is 0 Å². The maximum absolute atomic E-state index is 4.39. The average molecular weight is 443 g/mol. The lowest BCUT2D eigenvalue weighted by Crippen LogP contribution is -2.33. The number of aromatic nitrogens is 6. The third-order valence-corrected chi connectivity index (χ3v) is 5.41. The zero-order valence-corrected chi connectivity index (χ0v) is 18.3. The van der Waals surface area contributed by atoms with E-state index in [0.29, 0.717) is 26.2 Å². The second-order valence-corrected chi connectivity index (χ2v) is 8.19. The molecule has 0 bridgehead atoms. The Kier molecular flexibility index (Phi) is 6.43. The van der Waals surface area contributed by atoms with Crippen LogP contribution in [0.15, 0.2) is 83.4 Å². The van der Waals surface area contributed by atoms with Crippen LogP contribution in [0.25, 0.3) is 0 Å². The van der Waals surface area contributed by atoms with Gasteiger partial charge in [-0.15, -0.1) is 10.2 Å². The summed E-state index contributed by atoms with van der Waals surface area (Å²) in [6.07, 6.45) is 4.00. The summed E-state index contributed by atoms with van der Waals surface area (Å²) in [6, 6.07) is 20.6. The van der Waals surface area contributed by atoms with E-state index in [1.54, 1.807) is 0 Å². The Morgan fingerprint density at radius 2 is 1.33 bits per heavy atom. The molecule has 1 atom stereocenters. The number of hydrogen-bond acceptors (Lipinski definition) is 8. The van der Waals surface area contributed by atoms with Gasteiger partial charge in [0.05, 0.1) is 43.4 Å². The minimum Gasteiger partial charge on any atom is -0.290 e. The molecule has 3 heterocycles. The molecule has 2 aromatic heterocycles. The Morgan fingerprint density at radius 1 is 0.788 bits per heavy atom. The van der Waals surface area contributed by atoms with Crippen LogP contribution in [0.5, 0.6) is 0 Å². The Balaban J connectivity index is 1.25. The Labute approximate surface area is 191 Å². The summed E-state index contributed by atoms with van der Waals surface area (Å²) in [4.78, 5) is 2.27. The third-order valence-electron chi connectivity index (χ3n) is 5.41. The summed E-state index contributed by atoms with van der Waals surface area (Å²) in [5.41, 5.74) is 7.14. The highest BCUT2D eigenvalue weighted by Gasteiger charge is 2.19. The summed E-state index contributed by atoms with van der Waals surface area (Å²) < 4.78 is 3.74. The van der Waals surface area contributed by atoms with E-state index in [-0.39, 0.29) is 6.04 Å². The minimum atomic E-state index is 0.101. The fourth-order valence-corrected chi connectivity index (χ4v) is 3.87. The number of nitrogens with zero attached hydrogens (tertiary/aromatic N) is 9. The van der Waals surface area contributed by atoms with E-state index in [9.17, 15) is 0 Å². The molecule has 10 heteroatoms. The lowest BCUT2D eigenvalue weighted by Gasteiger charge is -2.21. The highest BCUT2D eigenvalue weighted by molar-refractivity contribution is 5.16. The maximum Gasteiger partial charge on any atom is 0.104 e. The minimum absolute atomic E-state index is 0.101. The quantitative estimate of drug-likeness (QED) is 0.404. The van der Waals surface area contributed by atoms with E-state index in [1.807, 2.05) is 58.2 Å². The van der Waals surface area contributed by atoms with Gasteiger partial charge in [-0.05, 0) is 11.1 Å². The first-order valence-corrected chi connectivity index (χ1v) is 11.0. The van der Waals surface area contributed by atoms with Crippen LogP contribution >= 0.6 is 0 Å². The molecule has 0 radical (unpaired) electrons. The van der Waals surface area contributed by atoms with Crippen LogP contribution in [-0.4, -0.2) is 54.0 Å². The van der Waals surface area contributed by atoms with Crippen LogP contribution in [0.2, 0.25) is 0 Å². The topological polar surface area (TPSA) is 101 Å². The molecule has 4 aromatic rings. The normalized spacial score (nSPS) is 15.2. The van der Waals surface area contributed by atoms with Gasteiger partial charge >= 0.3 is 0 Å². The Hall–Kier alpha value is -3.92. The van der Waals surface area contributed by atoms with Crippen molar-refractivity contribution in [2.24, 2.45) is 10.3 Å². The van der Waals surface area contributed by atoms with E-state index in [0.717, 1.165) is 24.5 Å². The van der Waals surface area contributed by atoms with E-state index in [1.165, 1.54) is 11.1 Å². The van der Waals surface area contributed by atoms with Gasteiger partial charge in [-0.25, -0.2) is 9.36 Å². The molecule has 10 nitrogen and oxygen atoms in total. The molecule has 0 saturated carbocycles. The Bertz CT molecular complexity index is 1090. The third kappa shape index (κ3) is 5.86. The molecule has 1 N–H and O–H groups in total. The molecule has 0 spiro atoms. The first-order chi connectivity index (χ1) is 16.3. The average Bonchev–Trinajstić information content (AvgIpc) is 3.59. The molecular formula is C23H26N10. The van der Waals surface area contributed by atoms with E-state index >= 15 is 0 Å². The summed E-state index contributed by atoms with van der Waals surface area (Å²) in [5.74, 6) is 0. The molecule has 1 unspecified atom stereocenters. The largest absolute Gasteiger partial charge is 0.290 e. The molecule has 1 aliphatic heterocycles. The van der Waals surface area contributed by atoms with Crippen molar-refractivity contribution in [2.45, 2.75) is 32.2 Å². The van der Waals surface area contributed by atoms with Gasteiger partial charge < -0.3 is 0 Å². The highest BCUT2D eigenvalue weighted by Crippen LogP contribution is 2.11. The second-order valence-electron chi connectivity index (χ2n) is 8.19. The molecule has 1 aliphatic rings. The fourth-order valence-electron chi connectivity index (χ4n) is 3.87. The van der Waals surface area contributed by atoms with Crippen LogP contribution in [0, 0.1) is 0 Å². The highest BCUT2D eigenvalue weighted by atomic mass is 15.5. The molecule has 0 aliphatic carbocycles. The van der Waals surface area contributed by atoms with Crippen molar-refractivity contribution >= 4 is 0 Å². The first-order valence-electron chi connectivity index (χ1n) is 11.0. The molecule has 0 amide bonds. The van der Waals surface area contributed by atoms with Crippen LogP contribution in [0.1, 0.15) is 22.5 Å². The van der Waals surface area contributed by atoms with Gasteiger partial charge in [0.25, 0.3) is 0 Å². The molecule has 33 heavy (non-hydrogen) atoms. The van der Waals surface area contributed by atoms with Crippen LogP contribution < -0.4 is 5.43 Å². The standard InChI is InChI=1S/C23H26N10/c1-3-7-19(8-4-1)12-32-17-22(26-29-32)15-31(14-21-11-24-28-25-21)16-23-18-33(30-27-23)13-20-9-5-2-6-10-20/h1-10,17-18,21H,11-16H2,(H,24,25). The van der Waals surface area contributed by atoms with Gasteiger partial charge in [0.15, 0.2) is 0 Å². The van der Waals surface area contributed by atoms with Gasteiger partial charge in [0.2, 0.25) is 0 Å². The zero-order chi connectivity index (χ0) is 22.3. The summed E-state index contributed by atoms with van der Waals surface area (Å²) in [5, 5.41) is 25.6. The van der Waals surface area contributed by atoms with Crippen molar-refractivity contribution in [3.63, 3.8) is 0 Å². The van der Waals surface area contributed by atoms with E-state index in [4.69, 9.17) is 0 Å². The molecular weight excluding hydrogens is 416 g/mol. The summed E-state index contributed by atoms with van der Waals surface area (Å²) in [7, 11) is 0. The van der Waals surface area contributed by atoms with Gasteiger partial charge in [-0.2, -0.15) is 5.11 Å². The predicted molar refractivity (Wildman–Crippen MR) is 122 cm³/mol. The molecule has 0 fully saturated rings. The summed E-state index contributed by atoms with van der Waals surface area (Å²) >= 11 is 0. The van der Waals surface area contributed by atoms with Crippen molar-refractivity contribution in [3.8, 4) is 0 Å². The van der Waals surface area contributed by atoms with Crippen molar-refractivity contribution < 1.29 is 0 Å². The van der Waals surface area contributed by atoms with E-state index in [2.05, 4.69) is 65.6 Å². The predicted octanol–water partition coefficient (Wildman–Crippen LogP) is 2.31. The Morgan fingerprint density at radius 3 is 1.82 bits per heavy atom. The van der Waals surface area contributed by atoms with Gasteiger partial charge in [0, 0.05) is 19.6 Å². The number of hydrogen-bond donors (Lipinski definition) is 1. The number of benzene rings is 2. The lowest BCUT2D eigenvalue weighted by molar-refractivity contribution is 0.237. The second kappa shape index (κ2) is 10.1. The van der Waals surface area contributed by atoms with Crippen LogP contribution in [0.4, 0.5) is 0 Å². The smallest absolute Gasteiger partial charge is 0.104 e. The first kappa shape index (κ1) is 21.0. The van der Waals surface area contributed by atoms with Crippen molar-refractivity contribution in [3.05, 3.63) is 95.6 Å². The van der Waals surface area contributed by atoms with Gasteiger partial charge in [-0.1, -0.05) is 76.3 Å². The van der Waals surface area contributed by atoms with E-state index < -0.39 is 0 Å². The van der Waals surface area contributed by atoms with Crippen LogP contribution in [-0.2, 0) is 26.2 Å². The monoisotopic (exact) mass is 442 g/mol. The van der Waals surface area contributed by atoms with Crippen molar-refractivity contribution in [2.75, 3.05) is 13.1 Å². The van der Waals surface area contributed by atoms with Crippen LogP contribution in [0.3, 0.4) is 0 Å². The molecule has 2 aromatic carbocycles. The lowest BCUT2D eigenvalue weighted by atomic mass is 10.2. The fraction of sp³-hybridized carbons (Fsp3) is 0.304. The summed E-state index contributed by atoms with van der Waals surface area (Å²) in [6.45, 7) is 4.16. The zero-order valence-electron chi connectivity index (χ0n) is 18.3. The molecule has 168 valence electrons. The SMILES string of the molecule is c1ccc(Cn2cc(CN(Cc3cn(Cc4ccccc4)nn3)CC3CNN=N3)nn2)cc1. The van der Waals surface area contributed by atoms with Gasteiger partial charge in [0.1, 0.15) is 6.04 Å².